The fourth-order valence-corrected chi connectivity index (χ4v) is 2.38. The maximum absolute atomic E-state index is 11.3. The number of amides is 1. The summed E-state index contributed by atoms with van der Waals surface area (Å²) in [6, 6.07) is 6.25. The van der Waals surface area contributed by atoms with Crippen molar-refractivity contribution in [3.05, 3.63) is 23.8 Å². The summed E-state index contributed by atoms with van der Waals surface area (Å²) in [6.07, 6.45) is 1.35. The molecule has 1 aromatic carbocycles. The van der Waals surface area contributed by atoms with Gasteiger partial charge in [0.1, 0.15) is 12.4 Å². The number of carbonyl (C=O) groups is 1. The molecule has 0 spiro atoms. The molecule has 4 heteroatoms. The number of hydrogen-bond donors (Lipinski definition) is 2. The molecule has 4 nitrogen and oxygen atoms in total. The van der Waals surface area contributed by atoms with Gasteiger partial charge in [0.2, 0.25) is 5.91 Å². The second-order valence-corrected chi connectivity index (χ2v) is 5.59. The molecule has 110 valence electrons. The fraction of sp³-hybridized carbons (Fsp3) is 0.562. The molecule has 0 bridgehead atoms. The largest absolute Gasteiger partial charge is 0.492 e. The SMILES string of the molecule is CCNC(COc1ccc2c(c1)CCC(=O)N2)C(C)C. The lowest BCUT2D eigenvalue weighted by atomic mass is 10.0. The Hall–Kier alpha value is -1.55. The average Bonchev–Trinajstić information content (AvgIpc) is 2.43. The zero-order valence-corrected chi connectivity index (χ0v) is 12.5. The van der Waals surface area contributed by atoms with Crippen LogP contribution < -0.4 is 15.4 Å². The highest BCUT2D eigenvalue weighted by Gasteiger charge is 2.16. The van der Waals surface area contributed by atoms with Crippen LogP contribution in [0.25, 0.3) is 0 Å². The molecule has 1 amide bonds. The van der Waals surface area contributed by atoms with Gasteiger partial charge in [0, 0.05) is 18.2 Å². The third kappa shape index (κ3) is 3.73. The minimum atomic E-state index is 0.0955. The predicted octanol–water partition coefficient (Wildman–Crippen LogP) is 2.58. The molecular formula is C16H24N2O2. The van der Waals surface area contributed by atoms with Gasteiger partial charge < -0.3 is 15.4 Å². The maximum atomic E-state index is 11.3. The van der Waals surface area contributed by atoms with E-state index in [9.17, 15) is 4.79 Å². The van der Waals surface area contributed by atoms with Gasteiger partial charge in [0.05, 0.1) is 0 Å². The molecule has 1 aliphatic rings. The third-order valence-corrected chi connectivity index (χ3v) is 3.67. The summed E-state index contributed by atoms with van der Waals surface area (Å²) in [5.74, 6) is 1.51. The molecule has 0 radical (unpaired) electrons. The Morgan fingerprint density at radius 2 is 2.15 bits per heavy atom. The first-order valence-electron chi connectivity index (χ1n) is 7.39. The van der Waals surface area contributed by atoms with Gasteiger partial charge in [-0.1, -0.05) is 20.8 Å². The molecule has 0 fully saturated rings. The van der Waals surface area contributed by atoms with Gasteiger partial charge in [-0.2, -0.15) is 0 Å². The van der Waals surface area contributed by atoms with E-state index in [0.717, 1.165) is 30.0 Å². The number of benzene rings is 1. The first-order chi connectivity index (χ1) is 9.60. The van der Waals surface area contributed by atoms with Gasteiger partial charge in [-0.15, -0.1) is 0 Å². The van der Waals surface area contributed by atoms with E-state index >= 15 is 0 Å². The number of rotatable bonds is 6. The summed E-state index contributed by atoms with van der Waals surface area (Å²) in [4.78, 5) is 11.3. The van der Waals surface area contributed by atoms with Crippen LogP contribution in [-0.4, -0.2) is 25.1 Å². The van der Waals surface area contributed by atoms with Crippen molar-refractivity contribution in [2.45, 2.75) is 39.7 Å². The average molecular weight is 276 g/mol. The quantitative estimate of drug-likeness (QED) is 0.839. The summed E-state index contributed by atoms with van der Waals surface area (Å²) >= 11 is 0. The molecule has 1 heterocycles. The molecule has 0 saturated heterocycles. The number of anilines is 1. The van der Waals surface area contributed by atoms with Crippen molar-refractivity contribution in [3.8, 4) is 5.75 Å². The summed E-state index contributed by atoms with van der Waals surface area (Å²) in [5, 5.41) is 6.32. The highest BCUT2D eigenvalue weighted by atomic mass is 16.5. The van der Waals surface area contributed by atoms with Gasteiger partial charge >= 0.3 is 0 Å². The number of carbonyl (C=O) groups excluding carboxylic acids is 1. The van der Waals surface area contributed by atoms with E-state index < -0.39 is 0 Å². The molecule has 20 heavy (non-hydrogen) atoms. The number of likely N-dealkylation sites (N-methyl/N-ethyl adjacent to an activating group) is 1. The number of ether oxygens (including phenoxy) is 1. The number of nitrogens with one attached hydrogen (secondary N) is 2. The summed E-state index contributed by atoms with van der Waals surface area (Å²) in [7, 11) is 0. The van der Waals surface area contributed by atoms with Crippen molar-refractivity contribution in [1.82, 2.24) is 5.32 Å². The lowest BCUT2D eigenvalue weighted by molar-refractivity contribution is -0.116. The van der Waals surface area contributed by atoms with E-state index in [0.29, 0.717) is 25.0 Å². The van der Waals surface area contributed by atoms with Crippen molar-refractivity contribution in [2.75, 3.05) is 18.5 Å². The van der Waals surface area contributed by atoms with Crippen LogP contribution >= 0.6 is 0 Å². The zero-order valence-electron chi connectivity index (χ0n) is 12.5. The topological polar surface area (TPSA) is 50.4 Å². The Morgan fingerprint density at radius 3 is 2.85 bits per heavy atom. The standard InChI is InChI=1S/C16H24N2O2/c1-4-17-15(11(2)3)10-20-13-6-7-14-12(9-13)5-8-16(19)18-14/h6-7,9,11,15,17H,4-5,8,10H2,1-3H3,(H,18,19). The van der Waals surface area contributed by atoms with Crippen molar-refractivity contribution in [3.63, 3.8) is 0 Å². The molecule has 1 atom stereocenters. The molecule has 0 saturated carbocycles. The van der Waals surface area contributed by atoms with Crippen LogP contribution in [0.4, 0.5) is 5.69 Å². The van der Waals surface area contributed by atoms with Crippen LogP contribution in [0.5, 0.6) is 5.75 Å². The fourth-order valence-electron chi connectivity index (χ4n) is 2.38. The Kier molecular flexibility index (Phi) is 5.01. The van der Waals surface area contributed by atoms with Crippen LogP contribution in [0.1, 0.15) is 32.8 Å². The van der Waals surface area contributed by atoms with Gasteiger partial charge in [-0.25, -0.2) is 0 Å². The monoisotopic (exact) mass is 276 g/mol. The Balaban J connectivity index is 1.98. The highest BCUT2D eigenvalue weighted by molar-refractivity contribution is 5.93. The number of aryl methyl sites for hydroxylation is 1. The second-order valence-electron chi connectivity index (χ2n) is 5.59. The summed E-state index contributed by atoms with van der Waals surface area (Å²) < 4.78 is 5.90. The molecule has 2 rings (SSSR count). The molecule has 0 aliphatic carbocycles. The van der Waals surface area contributed by atoms with Crippen molar-refractivity contribution < 1.29 is 9.53 Å². The number of hydrogen-bond acceptors (Lipinski definition) is 3. The van der Waals surface area contributed by atoms with Crippen LogP contribution in [0.15, 0.2) is 18.2 Å². The normalized spacial score (nSPS) is 15.7. The van der Waals surface area contributed by atoms with Crippen LogP contribution in [0.2, 0.25) is 0 Å². The van der Waals surface area contributed by atoms with Gasteiger partial charge in [-0.3, -0.25) is 4.79 Å². The Morgan fingerprint density at radius 1 is 1.35 bits per heavy atom. The molecule has 2 N–H and O–H groups in total. The van der Waals surface area contributed by atoms with Crippen LogP contribution in [0, 0.1) is 5.92 Å². The van der Waals surface area contributed by atoms with Gasteiger partial charge in [0.15, 0.2) is 0 Å². The molecule has 1 aromatic rings. The molecule has 1 aliphatic heterocycles. The highest BCUT2D eigenvalue weighted by Crippen LogP contribution is 2.26. The van der Waals surface area contributed by atoms with Crippen molar-refractivity contribution in [1.29, 1.82) is 0 Å². The zero-order chi connectivity index (χ0) is 14.5. The number of fused-ring (bicyclic) bond motifs is 1. The molecule has 1 unspecified atom stereocenters. The van der Waals surface area contributed by atoms with Crippen molar-refractivity contribution >= 4 is 11.6 Å². The Bertz CT molecular complexity index is 472. The van der Waals surface area contributed by atoms with Crippen LogP contribution in [-0.2, 0) is 11.2 Å². The van der Waals surface area contributed by atoms with E-state index in [4.69, 9.17) is 4.74 Å². The van der Waals surface area contributed by atoms with Crippen LogP contribution in [0.3, 0.4) is 0 Å². The van der Waals surface area contributed by atoms with E-state index in [2.05, 4.69) is 31.4 Å². The first-order valence-corrected chi connectivity index (χ1v) is 7.39. The summed E-state index contributed by atoms with van der Waals surface area (Å²) in [6.45, 7) is 8.11. The summed E-state index contributed by atoms with van der Waals surface area (Å²) in [5.41, 5.74) is 2.08. The van der Waals surface area contributed by atoms with E-state index in [-0.39, 0.29) is 5.91 Å². The first kappa shape index (κ1) is 14.9. The lowest BCUT2D eigenvalue weighted by Crippen LogP contribution is -2.38. The van der Waals surface area contributed by atoms with E-state index in [1.54, 1.807) is 0 Å². The van der Waals surface area contributed by atoms with Gasteiger partial charge in [-0.05, 0) is 42.6 Å². The van der Waals surface area contributed by atoms with E-state index in [1.165, 1.54) is 0 Å². The minimum Gasteiger partial charge on any atom is -0.492 e. The maximum Gasteiger partial charge on any atom is 0.224 e. The molecule has 0 aromatic heterocycles. The minimum absolute atomic E-state index is 0.0955. The van der Waals surface area contributed by atoms with Gasteiger partial charge in [0.25, 0.3) is 0 Å². The molecular weight excluding hydrogens is 252 g/mol. The van der Waals surface area contributed by atoms with Crippen molar-refractivity contribution in [2.24, 2.45) is 5.92 Å². The third-order valence-electron chi connectivity index (χ3n) is 3.67. The van der Waals surface area contributed by atoms with E-state index in [1.807, 2.05) is 18.2 Å². The smallest absolute Gasteiger partial charge is 0.224 e. The lowest BCUT2D eigenvalue weighted by Gasteiger charge is -2.23. The second kappa shape index (κ2) is 6.75. The Labute approximate surface area is 120 Å². The predicted molar refractivity (Wildman–Crippen MR) is 81.2 cm³/mol.